The molecule has 18 heavy (non-hydrogen) atoms. The fourth-order valence-electron chi connectivity index (χ4n) is 4.02. The molecule has 4 aliphatic heterocycles. The average Bonchev–Trinajstić information content (AvgIpc) is 2.55. The fraction of sp³-hybridized carbons (Fsp3) is 1.00. The lowest BCUT2D eigenvalue weighted by atomic mass is 10.1. The van der Waals surface area contributed by atoms with Crippen molar-refractivity contribution in [3.63, 3.8) is 0 Å². The highest BCUT2D eigenvalue weighted by Gasteiger charge is 2.45. The first kappa shape index (κ1) is 12.9. The maximum absolute atomic E-state index is 2.67. The maximum atomic E-state index is 2.67. The van der Waals surface area contributed by atoms with Gasteiger partial charge in [0.1, 0.15) is 20.0 Å². The fourth-order valence-corrected chi connectivity index (χ4v) is 4.02. The van der Waals surface area contributed by atoms with E-state index in [1.807, 2.05) is 0 Å². The van der Waals surface area contributed by atoms with E-state index < -0.39 is 0 Å². The lowest BCUT2D eigenvalue weighted by molar-refractivity contribution is -0.968. The van der Waals surface area contributed by atoms with Gasteiger partial charge in [0.15, 0.2) is 0 Å². The van der Waals surface area contributed by atoms with Crippen LogP contribution in [0.1, 0.15) is 39.0 Å². The Balaban J connectivity index is 1.54. The molecule has 0 spiro atoms. The molecule has 0 aromatic heterocycles. The second-order valence-corrected chi connectivity index (χ2v) is 6.65. The zero-order valence-corrected chi connectivity index (χ0v) is 12.0. The van der Waals surface area contributed by atoms with Crippen LogP contribution in [0.25, 0.3) is 0 Å². The summed E-state index contributed by atoms with van der Waals surface area (Å²) in [5, 5.41) is 0. The van der Waals surface area contributed by atoms with E-state index in [2.05, 4.69) is 21.6 Å². The third-order valence-corrected chi connectivity index (χ3v) is 4.77. The van der Waals surface area contributed by atoms with Crippen molar-refractivity contribution in [3.05, 3.63) is 0 Å². The zero-order chi connectivity index (χ0) is 12.4. The molecule has 4 aliphatic rings. The van der Waals surface area contributed by atoms with Gasteiger partial charge in [-0.25, -0.2) is 14.7 Å². The standard InChI is InChI=1S/C14H29N4/c1-2-3-4-5-6-9-18-12-15-7-8-16(13-18)11-17(10-15)14-18/h2-14H2,1H3/q+1. The van der Waals surface area contributed by atoms with Gasteiger partial charge in [0, 0.05) is 13.1 Å². The highest BCUT2D eigenvalue weighted by Crippen LogP contribution is 2.26. The van der Waals surface area contributed by atoms with Crippen LogP contribution in [-0.2, 0) is 0 Å². The molecule has 0 saturated carbocycles. The predicted molar refractivity (Wildman–Crippen MR) is 73.5 cm³/mol. The van der Waals surface area contributed by atoms with Gasteiger partial charge in [-0.3, -0.25) is 4.48 Å². The summed E-state index contributed by atoms with van der Waals surface area (Å²) in [7, 11) is 0. The van der Waals surface area contributed by atoms with Gasteiger partial charge in [0.05, 0.1) is 19.9 Å². The molecule has 2 unspecified atom stereocenters. The van der Waals surface area contributed by atoms with E-state index in [0.717, 1.165) is 0 Å². The summed E-state index contributed by atoms with van der Waals surface area (Å²) in [6.07, 6.45) is 7.08. The van der Waals surface area contributed by atoms with E-state index in [-0.39, 0.29) is 0 Å². The van der Waals surface area contributed by atoms with Crippen LogP contribution in [0.4, 0.5) is 0 Å². The summed E-state index contributed by atoms with van der Waals surface area (Å²) in [4.78, 5) is 7.98. The number of nitrogens with zero attached hydrogens (tertiary/aromatic N) is 4. The molecule has 4 bridgehead atoms. The third kappa shape index (κ3) is 2.72. The summed E-state index contributed by atoms with van der Waals surface area (Å²) < 4.78 is 1.33. The van der Waals surface area contributed by atoms with Crippen molar-refractivity contribution < 1.29 is 4.48 Å². The highest BCUT2D eigenvalue weighted by molar-refractivity contribution is 4.74. The quantitative estimate of drug-likeness (QED) is 0.525. The molecule has 0 radical (unpaired) electrons. The van der Waals surface area contributed by atoms with E-state index in [1.165, 1.54) is 89.6 Å². The van der Waals surface area contributed by atoms with Gasteiger partial charge in [-0.05, 0) is 12.8 Å². The number of hydrogen-bond donors (Lipinski definition) is 0. The molecular formula is C14H29N4+. The number of unbranched alkanes of at least 4 members (excludes halogenated alkanes) is 4. The molecule has 4 fully saturated rings. The van der Waals surface area contributed by atoms with Crippen molar-refractivity contribution >= 4 is 0 Å². The number of hydrogen-bond acceptors (Lipinski definition) is 3. The van der Waals surface area contributed by atoms with Crippen LogP contribution < -0.4 is 0 Å². The Kier molecular flexibility index (Phi) is 3.89. The van der Waals surface area contributed by atoms with Gasteiger partial charge in [-0.15, -0.1) is 0 Å². The van der Waals surface area contributed by atoms with E-state index in [1.54, 1.807) is 0 Å². The summed E-state index contributed by atoms with van der Waals surface area (Å²) in [6.45, 7) is 12.6. The first-order valence-electron chi connectivity index (χ1n) is 7.82. The largest absolute Gasteiger partial charge is 0.286 e. The van der Waals surface area contributed by atoms with Crippen LogP contribution in [0.5, 0.6) is 0 Å². The average molecular weight is 253 g/mol. The smallest absolute Gasteiger partial charge is 0.139 e. The summed E-state index contributed by atoms with van der Waals surface area (Å²) in [5.74, 6) is 0. The minimum atomic E-state index is 1.21. The summed E-state index contributed by atoms with van der Waals surface area (Å²) in [6, 6.07) is 0. The molecule has 4 rings (SSSR count). The number of fused-ring (bicyclic) bond motifs is 1. The van der Waals surface area contributed by atoms with Gasteiger partial charge in [-0.2, -0.15) is 0 Å². The topological polar surface area (TPSA) is 9.72 Å². The molecule has 4 heteroatoms. The van der Waals surface area contributed by atoms with Crippen molar-refractivity contribution in [2.45, 2.75) is 39.0 Å². The Labute approximate surface area is 112 Å². The Hall–Kier alpha value is -0.160. The van der Waals surface area contributed by atoms with Gasteiger partial charge in [-0.1, -0.05) is 26.2 Å². The molecule has 4 saturated heterocycles. The highest BCUT2D eigenvalue weighted by atomic mass is 15.7. The normalized spacial score (nSPS) is 42.2. The molecule has 2 atom stereocenters. The van der Waals surface area contributed by atoms with Crippen LogP contribution in [0.3, 0.4) is 0 Å². The van der Waals surface area contributed by atoms with E-state index >= 15 is 0 Å². The van der Waals surface area contributed by atoms with Crippen molar-refractivity contribution in [3.8, 4) is 0 Å². The van der Waals surface area contributed by atoms with Crippen LogP contribution in [0, 0.1) is 0 Å². The van der Waals surface area contributed by atoms with Crippen LogP contribution in [0.15, 0.2) is 0 Å². The molecular weight excluding hydrogens is 224 g/mol. The second-order valence-electron chi connectivity index (χ2n) is 6.65. The minimum absolute atomic E-state index is 1.21. The van der Waals surface area contributed by atoms with Gasteiger partial charge >= 0.3 is 0 Å². The molecule has 104 valence electrons. The van der Waals surface area contributed by atoms with Crippen LogP contribution in [0.2, 0.25) is 0 Å². The van der Waals surface area contributed by atoms with Crippen molar-refractivity contribution in [2.75, 3.05) is 53.0 Å². The van der Waals surface area contributed by atoms with Crippen molar-refractivity contribution in [2.24, 2.45) is 0 Å². The lowest BCUT2D eigenvalue weighted by Crippen LogP contribution is -2.70. The Morgan fingerprint density at radius 3 is 2.06 bits per heavy atom. The van der Waals surface area contributed by atoms with Crippen LogP contribution >= 0.6 is 0 Å². The Morgan fingerprint density at radius 2 is 1.39 bits per heavy atom. The Bertz CT molecular complexity index is 265. The molecule has 0 aromatic rings. The van der Waals surface area contributed by atoms with Gasteiger partial charge in [0.2, 0.25) is 0 Å². The molecule has 4 heterocycles. The third-order valence-electron chi connectivity index (χ3n) is 4.77. The summed E-state index contributed by atoms with van der Waals surface area (Å²) in [5.41, 5.74) is 0. The predicted octanol–water partition coefficient (Wildman–Crippen LogP) is 1.51. The SMILES string of the molecule is CCCCCCC[N+]12CN3CCN(CN(C3)C1)C2. The monoisotopic (exact) mass is 253 g/mol. The number of rotatable bonds is 6. The lowest BCUT2D eigenvalue weighted by Gasteiger charge is -2.52. The second kappa shape index (κ2) is 5.45. The van der Waals surface area contributed by atoms with Crippen LogP contribution in [-0.4, -0.2) is 72.2 Å². The molecule has 0 N–H and O–H groups in total. The Morgan fingerprint density at radius 1 is 0.778 bits per heavy atom. The first-order valence-corrected chi connectivity index (χ1v) is 7.82. The van der Waals surface area contributed by atoms with Crippen molar-refractivity contribution in [1.29, 1.82) is 0 Å². The number of quaternary nitrogens is 1. The van der Waals surface area contributed by atoms with Gasteiger partial charge in [0.25, 0.3) is 0 Å². The molecule has 4 nitrogen and oxygen atoms in total. The van der Waals surface area contributed by atoms with Crippen molar-refractivity contribution in [1.82, 2.24) is 14.7 Å². The molecule has 0 aliphatic carbocycles. The van der Waals surface area contributed by atoms with E-state index in [0.29, 0.717) is 0 Å². The molecule has 0 amide bonds. The molecule has 0 aromatic carbocycles. The maximum Gasteiger partial charge on any atom is 0.139 e. The van der Waals surface area contributed by atoms with E-state index in [4.69, 9.17) is 0 Å². The zero-order valence-electron chi connectivity index (χ0n) is 12.0. The summed E-state index contributed by atoms with van der Waals surface area (Å²) >= 11 is 0. The van der Waals surface area contributed by atoms with Gasteiger partial charge < -0.3 is 0 Å². The first-order chi connectivity index (χ1) is 8.80. The minimum Gasteiger partial charge on any atom is -0.286 e. The van der Waals surface area contributed by atoms with E-state index in [9.17, 15) is 0 Å².